The Morgan fingerprint density at radius 2 is 1.93 bits per heavy atom. The molecule has 9 heteroatoms. The number of hydrogen-bond acceptors (Lipinski definition) is 3. The summed E-state index contributed by atoms with van der Waals surface area (Å²) in [6.07, 6.45) is -4.62. The molecule has 0 bridgehead atoms. The van der Waals surface area contributed by atoms with E-state index in [0.29, 0.717) is 13.0 Å². The number of ether oxygens (including phenoxy) is 1. The van der Waals surface area contributed by atoms with E-state index in [2.05, 4.69) is 15.9 Å². The van der Waals surface area contributed by atoms with Gasteiger partial charge in [0.1, 0.15) is 5.60 Å². The summed E-state index contributed by atoms with van der Waals surface area (Å²) in [5, 5.41) is 9.64. The predicted octanol–water partition coefficient (Wildman–Crippen LogP) is 4.97. The van der Waals surface area contributed by atoms with E-state index >= 15 is 0 Å². The molecular weight excluding hydrogens is 443 g/mol. The van der Waals surface area contributed by atoms with Crippen LogP contribution in [0.25, 0.3) is 0 Å². The Morgan fingerprint density at radius 1 is 1.29 bits per heavy atom. The monoisotopic (exact) mass is 465 g/mol. The molecule has 1 saturated heterocycles. The molecule has 28 heavy (non-hydrogen) atoms. The van der Waals surface area contributed by atoms with E-state index < -0.39 is 35.3 Å². The summed E-state index contributed by atoms with van der Waals surface area (Å²) in [6.45, 7) is 5.78. The number of rotatable bonds is 4. The lowest BCUT2D eigenvalue weighted by Gasteiger charge is -2.25. The molecule has 1 aliphatic heterocycles. The fourth-order valence-corrected chi connectivity index (χ4v) is 3.79. The van der Waals surface area contributed by atoms with E-state index in [1.54, 1.807) is 20.8 Å². The topological polar surface area (TPSA) is 66.8 Å². The molecule has 0 saturated carbocycles. The standard InChI is InChI=1S/C19H23BrF3NO4/c1-18(2,3)28-17(27)24-5-4-12(10-24)15(16(25)26)8-11-6-13(19(21,22)23)9-14(20)7-11/h6-7,9,12,15H,4-5,8,10H2,1-3H3,(H,25,26)/t12-,15-/m0/s1. The Balaban J connectivity index is 2.14. The van der Waals surface area contributed by atoms with Crippen molar-refractivity contribution < 1.29 is 32.6 Å². The maximum absolute atomic E-state index is 13.0. The third-order valence-corrected chi connectivity index (χ3v) is 4.96. The van der Waals surface area contributed by atoms with Gasteiger partial charge in [-0.2, -0.15) is 13.2 Å². The van der Waals surface area contributed by atoms with Crippen LogP contribution in [0.2, 0.25) is 0 Å². The lowest BCUT2D eigenvalue weighted by Crippen LogP contribution is -2.36. The van der Waals surface area contributed by atoms with Gasteiger partial charge in [0.15, 0.2) is 0 Å². The van der Waals surface area contributed by atoms with Crippen molar-refractivity contribution in [3.05, 3.63) is 33.8 Å². The van der Waals surface area contributed by atoms with Crippen molar-refractivity contribution in [3.63, 3.8) is 0 Å². The quantitative estimate of drug-likeness (QED) is 0.681. The molecule has 0 unspecified atom stereocenters. The summed E-state index contributed by atoms with van der Waals surface area (Å²) < 4.78 is 44.6. The van der Waals surface area contributed by atoms with Crippen LogP contribution in [-0.4, -0.2) is 40.8 Å². The van der Waals surface area contributed by atoms with Crippen LogP contribution in [0.5, 0.6) is 0 Å². The number of benzene rings is 1. The van der Waals surface area contributed by atoms with E-state index in [1.165, 1.54) is 11.0 Å². The van der Waals surface area contributed by atoms with Crippen LogP contribution in [0.15, 0.2) is 22.7 Å². The van der Waals surface area contributed by atoms with Gasteiger partial charge in [-0.15, -0.1) is 0 Å². The minimum absolute atomic E-state index is 0.0509. The normalized spacial score (nSPS) is 18.8. The van der Waals surface area contributed by atoms with Crippen molar-refractivity contribution in [1.29, 1.82) is 0 Å². The van der Waals surface area contributed by atoms with Gasteiger partial charge in [0.25, 0.3) is 0 Å². The fourth-order valence-electron chi connectivity index (χ4n) is 3.25. The van der Waals surface area contributed by atoms with Crippen LogP contribution in [-0.2, 0) is 22.1 Å². The van der Waals surface area contributed by atoms with E-state index in [9.17, 15) is 27.9 Å². The molecule has 0 radical (unpaired) electrons. The van der Waals surface area contributed by atoms with Crippen LogP contribution in [0.4, 0.5) is 18.0 Å². The second-order valence-corrected chi connectivity index (χ2v) is 8.89. The number of hydrogen-bond donors (Lipinski definition) is 1. The minimum Gasteiger partial charge on any atom is -0.481 e. The molecular formula is C19H23BrF3NO4. The van der Waals surface area contributed by atoms with Crippen LogP contribution >= 0.6 is 15.9 Å². The van der Waals surface area contributed by atoms with E-state index in [1.807, 2.05) is 0 Å². The van der Waals surface area contributed by atoms with Crippen molar-refractivity contribution in [1.82, 2.24) is 4.90 Å². The SMILES string of the molecule is CC(C)(C)OC(=O)N1CC[C@H]([C@H](Cc2cc(Br)cc(C(F)(F)F)c2)C(=O)O)C1. The number of likely N-dealkylation sites (tertiary alicyclic amines) is 1. The number of carbonyl (C=O) groups is 2. The lowest BCUT2D eigenvalue weighted by molar-refractivity contribution is -0.143. The molecule has 2 atom stereocenters. The molecule has 1 amide bonds. The molecule has 5 nitrogen and oxygen atoms in total. The van der Waals surface area contributed by atoms with Crippen molar-refractivity contribution in [2.75, 3.05) is 13.1 Å². The highest BCUT2D eigenvalue weighted by atomic mass is 79.9. The highest BCUT2D eigenvalue weighted by Gasteiger charge is 2.38. The van der Waals surface area contributed by atoms with Crippen LogP contribution in [0, 0.1) is 11.8 Å². The second kappa shape index (κ2) is 8.31. The molecule has 1 aliphatic rings. The summed E-state index contributed by atoms with van der Waals surface area (Å²) in [6, 6.07) is 3.42. The van der Waals surface area contributed by atoms with Crippen molar-refractivity contribution in [2.24, 2.45) is 11.8 Å². The third kappa shape index (κ3) is 6.12. The summed E-state index contributed by atoms with van der Waals surface area (Å²) in [7, 11) is 0. The van der Waals surface area contributed by atoms with Gasteiger partial charge in [-0.25, -0.2) is 4.79 Å². The number of amides is 1. The maximum Gasteiger partial charge on any atom is 0.416 e. The molecule has 1 fully saturated rings. The molecule has 0 aromatic heterocycles. The zero-order valence-electron chi connectivity index (χ0n) is 15.8. The number of halogens is 4. The van der Waals surface area contributed by atoms with Crippen molar-refractivity contribution in [2.45, 2.75) is 45.4 Å². The molecule has 1 aromatic rings. The molecule has 0 aliphatic carbocycles. The smallest absolute Gasteiger partial charge is 0.416 e. The van der Waals surface area contributed by atoms with Gasteiger partial charge < -0.3 is 14.7 Å². The molecule has 1 N–H and O–H groups in total. The number of aliphatic carboxylic acids is 1. The van der Waals surface area contributed by atoms with Gasteiger partial charge >= 0.3 is 18.2 Å². The van der Waals surface area contributed by atoms with Gasteiger partial charge in [0.2, 0.25) is 0 Å². The van der Waals surface area contributed by atoms with E-state index in [-0.39, 0.29) is 28.9 Å². The van der Waals surface area contributed by atoms with E-state index in [0.717, 1.165) is 12.1 Å². The minimum atomic E-state index is -4.52. The third-order valence-electron chi connectivity index (χ3n) is 4.50. The van der Waals surface area contributed by atoms with Crippen LogP contribution < -0.4 is 0 Å². The van der Waals surface area contributed by atoms with Gasteiger partial charge in [-0.3, -0.25) is 4.79 Å². The first-order valence-electron chi connectivity index (χ1n) is 8.83. The number of carboxylic acids is 1. The van der Waals surface area contributed by atoms with E-state index in [4.69, 9.17) is 4.74 Å². The first-order valence-corrected chi connectivity index (χ1v) is 9.63. The maximum atomic E-state index is 13.0. The zero-order chi connectivity index (χ0) is 21.3. The Labute approximate surface area is 170 Å². The number of nitrogens with zero attached hydrogens (tertiary/aromatic N) is 1. The molecule has 1 heterocycles. The van der Waals surface area contributed by atoms with Gasteiger partial charge in [0.05, 0.1) is 11.5 Å². The molecule has 156 valence electrons. The highest BCUT2D eigenvalue weighted by Crippen LogP contribution is 2.34. The summed E-state index contributed by atoms with van der Waals surface area (Å²) >= 11 is 3.06. The fraction of sp³-hybridized carbons (Fsp3) is 0.579. The average molecular weight is 466 g/mol. The number of alkyl halides is 3. The molecule has 0 spiro atoms. The Kier molecular flexibility index (Phi) is 6.68. The first-order chi connectivity index (χ1) is 12.8. The Bertz CT molecular complexity index is 746. The Morgan fingerprint density at radius 3 is 2.46 bits per heavy atom. The van der Waals surface area contributed by atoms with Gasteiger partial charge in [-0.1, -0.05) is 15.9 Å². The number of carbonyl (C=O) groups excluding carboxylic acids is 1. The Hall–Kier alpha value is -1.77. The van der Waals surface area contributed by atoms with Gasteiger partial charge in [-0.05, 0) is 63.3 Å². The lowest BCUT2D eigenvalue weighted by atomic mass is 9.86. The summed E-state index contributed by atoms with van der Waals surface area (Å²) in [5.41, 5.74) is -1.21. The zero-order valence-corrected chi connectivity index (χ0v) is 17.4. The largest absolute Gasteiger partial charge is 0.481 e. The van der Waals surface area contributed by atoms with Crippen molar-refractivity contribution >= 4 is 28.0 Å². The summed E-state index contributed by atoms with van der Waals surface area (Å²) in [5.74, 6) is -2.36. The summed E-state index contributed by atoms with van der Waals surface area (Å²) in [4.78, 5) is 25.4. The molecule has 2 rings (SSSR count). The van der Waals surface area contributed by atoms with Gasteiger partial charge in [0, 0.05) is 17.6 Å². The number of carboxylic acid groups (broad SMARTS) is 1. The second-order valence-electron chi connectivity index (χ2n) is 7.97. The van der Waals surface area contributed by atoms with Crippen LogP contribution in [0.3, 0.4) is 0 Å². The highest BCUT2D eigenvalue weighted by molar-refractivity contribution is 9.10. The molecule has 1 aromatic carbocycles. The predicted molar refractivity (Wildman–Crippen MR) is 99.9 cm³/mol. The van der Waals surface area contributed by atoms with Crippen molar-refractivity contribution in [3.8, 4) is 0 Å². The average Bonchev–Trinajstić information content (AvgIpc) is 2.99. The van der Waals surface area contributed by atoms with Crippen LogP contribution in [0.1, 0.15) is 38.3 Å². The first kappa shape index (κ1) is 22.5.